The first-order valence-electron chi connectivity index (χ1n) is 8.51. The van der Waals surface area contributed by atoms with Gasteiger partial charge < -0.3 is 0 Å². The van der Waals surface area contributed by atoms with Crippen LogP contribution in [0.1, 0.15) is 19.2 Å². The van der Waals surface area contributed by atoms with Gasteiger partial charge in [-0.15, -0.1) is 0 Å². The van der Waals surface area contributed by atoms with Gasteiger partial charge in [0.25, 0.3) is 0 Å². The molecule has 2 aromatic heterocycles. The van der Waals surface area contributed by atoms with E-state index >= 15 is 0 Å². The van der Waals surface area contributed by atoms with Crippen molar-refractivity contribution < 1.29 is 0 Å². The zero-order chi connectivity index (χ0) is 17.9. The normalized spacial score (nSPS) is 16.4. The molecule has 1 aromatic carbocycles. The summed E-state index contributed by atoms with van der Waals surface area (Å²) in [5.41, 5.74) is 3.96. The highest BCUT2D eigenvalue weighted by Crippen LogP contribution is 2.29. The van der Waals surface area contributed by atoms with E-state index in [0.29, 0.717) is 17.6 Å². The highest BCUT2D eigenvalue weighted by atomic mass is 35.5. The Morgan fingerprint density at radius 2 is 1.69 bits per heavy atom. The molecule has 0 amide bonds. The second-order valence-electron chi connectivity index (χ2n) is 6.23. The van der Waals surface area contributed by atoms with E-state index in [1.807, 2.05) is 54.6 Å². The van der Waals surface area contributed by atoms with Gasteiger partial charge in [0.1, 0.15) is 0 Å². The minimum absolute atomic E-state index is 0.210. The van der Waals surface area contributed by atoms with Crippen molar-refractivity contribution in [1.29, 1.82) is 0 Å². The molecule has 3 aromatic rings. The van der Waals surface area contributed by atoms with Gasteiger partial charge in [0.15, 0.2) is 11.6 Å². The lowest BCUT2D eigenvalue weighted by atomic mass is 9.93. The summed E-state index contributed by atoms with van der Waals surface area (Å²) in [4.78, 5) is 17.7. The summed E-state index contributed by atoms with van der Waals surface area (Å²) < 4.78 is 0. The lowest BCUT2D eigenvalue weighted by Crippen LogP contribution is -2.07. The highest BCUT2D eigenvalue weighted by molar-refractivity contribution is 6.28. The zero-order valence-electron chi connectivity index (χ0n) is 14.3. The number of hydrogen-bond acceptors (Lipinski definition) is 4. The third-order valence-corrected chi connectivity index (χ3v) is 4.57. The van der Waals surface area contributed by atoms with Gasteiger partial charge in [0, 0.05) is 22.9 Å². The summed E-state index contributed by atoms with van der Waals surface area (Å²) in [5.74, 6) is 1.58. The van der Waals surface area contributed by atoms with Crippen molar-refractivity contribution in [2.75, 3.05) is 0 Å². The number of allylic oxidation sites excluding steroid dienone is 4. The third kappa shape index (κ3) is 3.41. The number of benzene rings is 1. The fourth-order valence-corrected chi connectivity index (χ4v) is 3.13. The molecule has 0 spiro atoms. The number of pyridine rings is 1. The minimum Gasteiger partial charge on any atom is -0.256 e. The van der Waals surface area contributed by atoms with Crippen molar-refractivity contribution >= 4 is 17.2 Å². The largest absolute Gasteiger partial charge is 0.256 e. The smallest absolute Gasteiger partial charge is 0.226 e. The van der Waals surface area contributed by atoms with Crippen LogP contribution in [-0.4, -0.2) is 19.9 Å². The van der Waals surface area contributed by atoms with Crippen molar-refractivity contribution in [3.05, 3.63) is 78.0 Å². The maximum Gasteiger partial charge on any atom is 0.226 e. The van der Waals surface area contributed by atoms with Crippen molar-refractivity contribution in [3.8, 4) is 22.6 Å². The first-order valence-corrected chi connectivity index (χ1v) is 8.89. The average molecular weight is 361 g/mol. The maximum atomic E-state index is 6.18. The predicted octanol–water partition coefficient (Wildman–Crippen LogP) is 5.23. The van der Waals surface area contributed by atoms with Gasteiger partial charge in [0.2, 0.25) is 5.28 Å². The molecule has 2 heterocycles. The molecule has 5 heteroatoms. The van der Waals surface area contributed by atoms with E-state index in [1.54, 1.807) is 6.20 Å². The van der Waals surface area contributed by atoms with Gasteiger partial charge in [-0.25, -0.2) is 4.98 Å². The van der Waals surface area contributed by atoms with Crippen LogP contribution in [0.5, 0.6) is 0 Å². The fourth-order valence-electron chi connectivity index (χ4n) is 2.97. The molecule has 4 rings (SSSR count). The Hall–Kier alpha value is -2.85. The minimum atomic E-state index is 0.210. The van der Waals surface area contributed by atoms with Crippen LogP contribution < -0.4 is 0 Å². The first-order chi connectivity index (χ1) is 12.7. The topological polar surface area (TPSA) is 51.6 Å². The fraction of sp³-hybridized carbons (Fsp3) is 0.143. The van der Waals surface area contributed by atoms with Gasteiger partial charge in [0.05, 0.1) is 5.69 Å². The summed E-state index contributed by atoms with van der Waals surface area (Å²) in [6.07, 6.45) is 8.99. The van der Waals surface area contributed by atoms with Crippen molar-refractivity contribution in [3.63, 3.8) is 0 Å². The Bertz CT molecular complexity index is 979. The quantitative estimate of drug-likeness (QED) is 0.641. The lowest BCUT2D eigenvalue weighted by molar-refractivity contribution is 0.746. The van der Waals surface area contributed by atoms with Crippen LogP contribution in [0.4, 0.5) is 0 Å². The zero-order valence-corrected chi connectivity index (χ0v) is 15.1. The molecule has 0 radical (unpaired) electrons. The molecule has 0 fully saturated rings. The van der Waals surface area contributed by atoms with Gasteiger partial charge in [-0.1, -0.05) is 55.5 Å². The van der Waals surface area contributed by atoms with Gasteiger partial charge in [-0.2, -0.15) is 9.97 Å². The van der Waals surface area contributed by atoms with E-state index in [2.05, 4.69) is 32.9 Å². The lowest BCUT2D eigenvalue weighted by Gasteiger charge is -2.16. The molecule has 128 valence electrons. The Kier molecular flexibility index (Phi) is 4.59. The molecule has 1 aliphatic rings. The molecule has 0 aliphatic heterocycles. The number of halogens is 1. The number of rotatable bonds is 3. The van der Waals surface area contributed by atoms with E-state index in [4.69, 9.17) is 11.6 Å². The SMILES string of the molecule is CC1CC=CC=C1c1nc(Cl)nc(-c2ccc(-c3ccccn3)cc2)n1. The number of aromatic nitrogens is 4. The number of nitrogens with zero attached hydrogens (tertiary/aromatic N) is 4. The third-order valence-electron chi connectivity index (χ3n) is 4.40. The van der Waals surface area contributed by atoms with Crippen LogP contribution in [0.2, 0.25) is 5.28 Å². The van der Waals surface area contributed by atoms with Crippen LogP contribution in [0.3, 0.4) is 0 Å². The van der Waals surface area contributed by atoms with E-state index in [0.717, 1.165) is 28.8 Å². The second kappa shape index (κ2) is 7.18. The Labute approximate surface area is 157 Å². The summed E-state index contributed by atoms with van der Waals surface area (Å²) >= 11 is 6.18. The molecule has 0 saturated heterocycles. The summed E-state index contributed by atoms with van der Waals surface area (Å²) in [6.45, 7) is 2.16. The van der Waals surface area contributed by atoms with Crippen LogP contribution in [0, 0.1) is 5.92 Å². The predicted molar refractivity (Wildman–Crippen MR) is 104 cm³/mol. The Balaban J connectivity index is 1.70. The van der Waals surface area contributed by atoms with Crippen LogP contribution in [0.25, 0.3) is 28.2 Å². The van der Waals surface area contributed by atoms with E-state index < -0.39 is 0 Å². The molecule has 0 bridgehead atoms. The van der Waals surface area contributed by atoms with E-state index in [9.17, 15) is 0 Å². The van der Waals surface area contributed by atoms with Crippen molar-refractivity contribution in [1.82, 2.24) is 19.9 Å². The van der Waals surface area contributed by atoms with E-state index in [-0.39, 0.29) is 5.28 Å². The van der Waals surface area contributed by atoms with Gasteiger partial charge in [-0.3, -0.25) is 4.98 Å². The molecule has 1 aliphatic carbocycles. The molecule has 0 saturated carbocycles. The Morgan fingerprint density at radius 3 is 2.42 bits per heavy atom. The first kappa shape index (κ1) is 16.6. The molecule has 26 heavy (non-hydrogen) atoms. The highest BCUT2D eigenvalue weighted by Gasteiger charge is 2.17. The molecule has 4 nitrogen and oxygen atoms in total. The van der Waals surface area contributed by atoms with Crippen LogP contribution >= 0.6 is 11.6 Å². The second-order valence-corrected chi connectivity index (χ2v) is 6.57. The van der Waals surface area contributed by atoms with Crippen LogP contribution in [-0.2, 0) is 0 Å². The van der Waals surface area contributed by atoms with Gasteiger partial charge >= 0.3 is 0 Å². The number of hydrogen-bond donors (Lipinski definition) is 0. The average Bonchev–Trinajstić information content (AvgIpc) is 2.69. The molecular weight excluding hydrogens is 344 g/mol. The van der Waals surface area contributed by atoms with E-state index in [1.165, 1.54) is 0 Å². The standard InChI is InChI=1S/C21H17ClN4/c1-14-6-2-3-7-17(14)20-24-19(25-21(22)26-20)16-11-9-15(10-12-16)18-8-4-5-13-23-18/h2-5,7-14H,6H2,1H3. The Morgan fingerprint density at radius 1 is 0.923 bits per heavy atom. The van der Waals surface area contributed by atoms with Crippen molar-refractivity contribution in [2.24, 2.45) is 5.92 Å². The van der Waals surface area contributed by atoms with Gasteiger partial charge in [-0.05, 0) is 36.1 Å². The van der Waals surface area contributed by atoms with Crippen LogP contribution in [0.15, 0.2) is 66.9 Å². The van der Waals surface area contributed by atoms with Crippen molar-refractivity contribution in [2.45, 2.75) is 13.3 Å². The molecule has 1 atom stereocenters. The summed E-state index contributed by atoms with van der Waals surface area (Å²) in [5, 5.41) is 0.210. The maximum absolute atomic E-state index is 6.18. The molecule has 0 N–H and O–H groups in total. The monoisotopic (exact) mass is 360 g/mol. The summed E-state index contributed by atoms with van der Waals surface area (Å²) in [7, 11) is 0. The molecular formula is C21H17ClN4. The summed E-state index contributed by atoms with van der Waals surface area (Å²) in [6, 6.07) is 13.9. The molecule has 1 unspecified atom stereocenters.